The van der Waals surface area contributed by atoms with Crippen molar-refractivity contribution in [2.45, 2.75) is 24.8 Å². The van der Waals surface area contributed by atoms with E-state index in [2.05, 4.69) is 16.0 Å². The minimum absolute atomic E-state index is 0.229. The topological polar surface area (TPSA) is 108 Å². The minimum atomic E-state index is -1.06. The summed E-state index contributed by atoms with van der Waals surface area (Å²) >= 11 is 1.58. The van der Waals surface area contributed by atoms with Crippen molar-refractivity contribution in [3.05, 3.63) is 51.7 Å². The highest BCUT2D eigenvalue weighted by molar-refractivity contribution is 7.10. The molecule has 9 heteroatoms. The summed E-state index contributed by atoms with van der Waals surface area (Å²) in [5, 5.41) is 9.93. The SMILES string of the molecule is CNC(=O)c1ccc(NC(=O)CN2C(=O)N[C@]3(CCCc4sccc43)C2=O)cc1. The Morgan fingerprint density at radius 3 is 2.69 bits per heavy atom. The van der Waals surface area contributed by atoms with E-state index in [-0.39, 0.29) is 18.4 Å². The van der Waals surface area contributed by atoms with Gasteiger partial charge in [-0.2, -0.15) is 0 Å². The number of imide groups is 1. The zero-order chi connectivity index (χ0) is 20.6. The van der Waals surface area contributed by atoms with Crippen LogP contribution in [-0.4, -0.2) is 42.2 Å². The molecule has 0 saturated carbocycles. The Morgan fingerprint density at radius 1 is 1.21 bits per heavy atom. The summed E-state index contributed by atoms with van der Waals surface area (Å²) in [6.07, 6.45) is 2.22. The highest BCUT2D eigenvalue weighted by Gasteiger charge is 2.54. The van der Waals surface area contributed by atoms with Crippen molar-refractivity contribution in [1.29, 1.82) is 0 Å². The van der Waals surface area contributed by atoms with Crippen LogP contribution in [0.25, 0.3) is 0 Å². The van der Waals surface area contributed by atoms with Crippen molar-refractivity contribution in [3.8, 4) is 0 Å². The molecule has 2 aromatic rings. The van der Waals surface area contributed by atoms with Gasteiger partial charge in [-0.3, -0.25) is 19.3 Å². The van der Waals surface area contributed by atoms with E-state index in [0.717, 1.165) is 28.2 Å². The van der Waals surface area contributed by atoms with E-state index in [4.69, 9.17) is 0 Å². The molecule has 2 heterocycles. The first-order valence-electron chi connectivity index (χ1n) is 9.27. The summed E-state index contributed by atoms with van der Waals surface area (Å²) < 4.78 is 0. The van der Waals surface area contributed by atoms with E-state index >= 15 is 0 Å². The molecule has 1 saturated heterocycles. The minimum Gasteiger partial charge on any atom is -0.355 e. The van der Waals surface area contributed by atoms with Gasteiger partial charge in [0, 0.05) is 28.7 Å². The van der Waals surface area contributed by atoms with Gasteiger partial charge >= 0.3 is 6.03 Å². The van der Waals surface area contributed by atoms with Crippen LogP contribution in [0.2, 0.25) is 0 Å². The Bertz CT molecular complexity index is 1000. The second kappa shape index (κ2) is 7.32. The Hall–Kier alpha value is -3.20. The van der Waals surface area contributed by atoms with E-state index < -0.39 is 17.5 Å². The number of hydrogen-bond donors (Lipinski definition) is 3. The third-order valence-corrected chi connectivity index (χ3v) is 6.28. The van der Waals surface area contributed by atoms with Gasteiger partial charge in [-0.15, -0.1) is 11.3 Å². The molecule has 29 heavy (non-hydrogen) atoms. The van der Waals surface area contributed by atoms with Crippen LogP contribution in [0.1, 0.15) is 33.6 Å². The number of aryl methyl sites for hydroxylation is 1. The maximum atomic E-state index is 13.1. The van der Waals surface area contributed by atoms with E-state index in [1.165, 1.54) is 7.05 Å². The Morgan fingerprint density at radius 2 is 1.97 bits per heavy atom. The quantitative estimate of drug-likeness (QED) is 0.666. The van der Waals surface area contributed by atoms with Crippen LogP contribution in [0.3, 0.4) is 0 Å². The van der Waals surface area contributed by atoms with Crippen LogP contribution in [-0.2, 0) is 21.5 Å². The Kier molecular flexibility index (Phi) is 4.83. The van der Waals surface area contributed by atoms with Crippen molar-refractivity contribution in [2.75, 3.05) is 18.9 Å². The van der Waals surface area contributed by atoms with Gasteiger partial charge in [-0.25, -0.2) is 4.79 Å². The fourth-order valence-corrected chi connectivity index (χ4v) is 4.88. The summed E-state index contributed by atoms with van der Waals surface area (Å²) in [7, 11) is 1.54. The lowest BCUT2D eigenvalue weighted by molar-refractivity contribution is -0.134. The number of anilines is 1. The summed E-state index contributed by atoms with van der Waals surface area (Å²) in [6.45, 7) is -0.372. The molecule has 1 aliphatic heterocycles. The maximum Gasteiger partial charge on any atom is 0.325 e. The third-order valence-electron chi connectivity index (χ3n) is 5.30. The fourth-order valence-electron chi connectivity index (χ4n) is 3.88. The first-order valence-corrected chi connectivity index (χ1v) is 10.2. The molecule has 1 fully saturated rings. The van der Waals surface area contributed by atoms with E-state index in [1.54, 1.807) is 35.6 Å². The van der Waals surface area contributed by atoms with Crippen LogP contribution in [0, 0.1) is 0 Å². The second-order valence-electron chi connectivity index (χ2n) is 7.04. The predicted molar refractivity (Wildman–Crippen MR) is 108 cm³/mol. The smallest absolute Gasteiger partial charge is 0.325 e. The first kappa shape index (κ1) is 19.1. The number of thiophene rings is 1. The van der Waals surface area contributed by atoms with Crippen LogP contribution in [0.5, 0.6) is 0 Å². The first-order chi connectivity index (χ1) is 13.9. The molecule has 0 unspecified atom stereocenters. The van der Waals surface area contributed by atoms with Crippen molar-refractivity contribution >= 4 is 40.8 Å². The molecule has 4 rings (SSSR count). The number of fused-ring (bicyclic) bond motifs is 2. The standard InChI is InChI=1S/C20H20N4O4S/c1-21-17(26)12-4-6-13(7-5-12)22-16(25)11-24-18(27)20(23-19(24)28)9-2-3-15-14(20)8-10-29-15/h4-8,10H,2-3,9,11H2,1H3,(H,21,26)(H,22,25)(H,23,28)/t20-/m0/s1. The third kappa shape index (κ3) is 3.27. The van der Waals surface area contributed by atoms with Crippen LogP contribution >= 0.6 is 11.3 Å². The van der Waals surface area contributed by atoms with Crippen molar-refractivity contribution in [1.82, 2.24) is 15.5 Å². The van der Waals surface area contributed by atoms with Gasteiger partial charge in [0.05, 0.1) is 0 Å². The van der Waals surface area contributed by atoms with E-state index in [9.17, 15) is 19.2 Å². The van der Waals surface area contributed by atoms with Crippen molar-refractivity contribution < 1.29 is 19.2 Å². The summed E-state index contributed by atoms with van der Waals surface area (Å²) in [5.74, 6) is -1.10. The van der Waals surface area contributed by atoms with E-state index in [0.29, 0.717) is 17.7 Å². The zero-order valence-electron chi connectivity index (χ0n) is 15.8. The van der Waals surface area contributed by atoms with Crippen LogP contribution in [0.15, 0.2) is 35.7 Å². The number of carbonyl (C=O) groups is 4. The van der Waals surface area contributed by atoms with Gasteiger partial charge < -0.3 is 16.0 Å². The lowest BCUT2D eigenvalue weighted by Gasteiger charge is -2.31. The molecule has 3 N–H and O–H groups in total. The monoisotopic (exact) mass is 412 g/mol. The summed E-state index contributed by atoms with van der Waals surface area (Å²) in [4.78, 5) is 51.7. The highest BCUT2D eigenvalue weighted by Crippen LogP contribution is 2.42. The number of benzene rings is 1. The number of amides is 5. The lowest BCUT2D eigenvalue weighted by atomic mass is 9.80. The predicted octanol–water partition coefficient (Wildman–Crippen LogP) is 1.83. The second-order valence-corrected chi connectivity index (χ2v) is 8.04. The molecular weight excluding hydrogens is 392 g/mol. The lowest BCUT2D eigenvalue weighted by Crippen LogP contribution is -2.46. The molecule has 1 aliphatic carbocycles. The molecule has 1 aromatic heterocycles. The van der Waals surface area contributed by atoms with E-state index in [1.807, 2.05) is 11.4 Å². The van der Waals surface area contributed by atoms with Gasteiger partial charge in [0.1, 0.15) is 12.1 Å². The summed E-state index contributed by atoms with van der Waals surface area (Å²) in [5.41, 5.74) is 0.729. The number of nitrogens with one attached hydrogen (secondary N) is 3. The molecule has 1 atom stereocenters. The molecule has 0 bridgehead atoms. The molecule has 1 spiro atoms. The van der Waals surface area contributed by atoms with Crippen molar-refractivity contribution in [2.24, 2.45) is 0 Å². The van der Waals surface area contributed by atoms with Gasteiger partial charge in [-0.1, -0.05) is 0 Å². The number of hydrogen-bond acceptors (Lipinski definition) is 5. The van der Waals surface area contributed by atoms with Gasteiger partial charge in [0.2, 0.25) is 5.91 Å². The largest absolute Gasteiger partial charge is 0.355 e. The molecule has 5 amide bonds. The number of urea groups is 1. The summed E-state index contributed by atoms with van der Waals surface area (Å²) in [6, 6.07) is 7.67. The van der Waals surface area contributed by atoms with Crippen LogP contribution in [0.4, 0.5) is 10.5 Å². The van der Waals surface area contributed by atoms with Gasteiger partial charge in [0.15, 0.2) is 0 Å². The molecule has 0 radical (unpaired) electrons. The number of nitrogens with zero attached hydrogens (tertiary/aromatic N) is 1. The fraction of sp³-hybridized carbons (Fsp3) is 0.300. The van der Waals surface area contributed by atoms with Crippen molar-refractivity contribution in [3.63, 3.8) is 0 Å². The van der Waals surface area contributed by atoms with Gasteiger partial charge in [0.25, 0.3) is 11.8 Å². The Balaban J connectivity index is 1.46. The average Bonchev–Trinajstić information content (AvgIpc) is 3.29. The zero-order valence-corrected chi connectivity index (χ0v) is 16.6. The molecule has 8 nitrogen and oxygen atoms in total. The Labute approximate surface area is 171 Å². The molecular formula is C20H20N4O4S. The number of carbonyl (C=O) groups excluding carboxylic acids is 4. The van der Waals surface area contributed by atoms with Crippen LogP contribution < -0.4 is 16.0 Å². The molecule has 2 aliphatic rings. The van der Waals surface area contributed by atoms with Gasteiger partial charge in [-0.05, 0) is 55.0 Å². The molecule has 1 aromatic carbocycles. The normalized spacial score (nSPS) is 20.4. The number of rotatable bonds is 4. The molecule has 150 valence electrons. The highest BCUT2D eigenvalue weighted by atomic mass is 32.1. The maximum absolute atomic E-state index is 13.1. The average molecular weight is 412 g/mol.